The van der Waals surface area contributed by atoms with Crippen molar-refractivity contribution in [3.05, 3.63) is 112 Å². The fourth-order valence-corrected chi connectivity index (χ4v) is 9.27. The van der Waals surface area contributed by atoms with Crippen LogP contribution in [0.5, 0.6) is 0 Å². The third kappa shape index (κ3) is 2.98. The summed E-state index contributed by atoms with van der Waals surface area (Å²) in [5, 5.41) is 6.38. The van der Waals surface area contributed by atoms with E-state index in [0.717, 1.165) is 0 Å². The summed E-state index contributed by atoms with van der Waals surface area (Å²) in [6.07, 6.45) is 0. The van der Waals surface area contributed by atoms with Crippen LogP contribution in [-0.2, 0) is 0 Å². The Morgan fingerprint density at radius 2 is 1.32 bits per heavy atom. The van der Waals surface area contributed by atoms with Crippen LogP contribution in [-0.4, -0.2) is 25.0 Å². The van der Waals surface area contributed by atoms with Gasteiger partial charge in [-0.25, -0.2) is 0 Å². The fourth-order valence-electron chi connectivity index (χ4n) is 5.76. The molecule has 0 saturated heterocycles. The third-order valence-electron chi connectivity index (χ3n) is 7.49. The molecule has 0 N–H and O–H groups in total. The Kier molecular flexibility index (Phi) is 4.36. The predicted molar refractivity (Wildman–Crippen MR) is 156 cm³/mol. The Labute approximate surface area is 221 Å². The standard InChI is InChI=1S/C33H21NO2Te/c1-18-10-12-26-22(14-18)23-15-19(2)11-13-27(23)34(26)28-8-5-7-20-24-16-30-25(17-31(24)37-33(20)28)32(35)21-6-3-4-9-29(21)36-30/h3-17H,1-2H3. The number of fused-ring (bicyclic) bond motifs is 8. The summed E-state index contributed by atoms with van der Waals surface area (Å²) < 4.78 is 11.4. The van der Waals surface area contributed by atoms with E-state index in [1.54, 1.807) is 0 Å². The molecule has 5 aromatic carbocycles. The molecular formula is C33H21NO2Te. The van der Waals surface area contributed by atoms with E-state index in [1.165, 1.54) is 56.2 Å². The molecule has 3 heterocycles. The van der Waals surface area contributed by atoms with Gasteiger partial charge < -0.3 is 0 Å². The molecule has 176 valence electrons. The zero-order valence-corrected chi connectivity index (χ0v) is 22.7. The first-order valence-electron chi connectivity index (χ1n) is 12.4. The van der Waals surface area contributed by atoms with Crippen molar-refractivity contribution in [1.29, 1.82) is 0 Å². The van der Waals surface area contributed by atoms with Crippen molar-refractivity contribution in [3.8, 4) is 5.69 Å². The van der Waals surface area contributed by atoms with Crippen LogP contribution in [0.1, 0.15) is 11.1 Å². The van der Waals surface area contributed by atoms with Crippen molar-refractivity contribution in [2.45, 2.75) is 13.8 Å². The van der Waals surface area contributed by atoms with Gasteiger partial charge in [0.15, 0.2) is 0 Å². The Balaban J connectivity index is 1.50. The number of benzene rings is 5. The molecule has 0 bridgehead atoms. The molecular weight excluding hydrogens is 570 g/mol. The molecule has 0 spiro atoms. The summed E-state index contributed by atoms with van der Waals surface area (Å²) in [4.78, 5) is 13.3. The molecule has 0 aliphatic carbocycles. The maximum absolute atomic E-state index is 13.3. The minimum absolute atomic E-state index is 0.0523. The topological polar surface area (TPSA) is 35.1 Å². The summed E-state index contributed by atoms with van der Waals surface area (Å²) in [6, 6.07) is 31.9. The summed E-state index contributed by atoms with van der Waals surface area (Å²) in [6.45, 7) is 4.32. The molecule has 0 unspecified atom stereocenters. The van der Waals surface area contributed by atoms with E-state index < -0.39 is 20.4 Å². The van der Waals surface area contributed by atoms with Gasteiger partial charge in [0.05, 0.1) is 0 Å². The number of hydrogen-bond acceptors (Lipinski definition) is 2. The van der Waals surface area contributed by atoms with Gasteiger partial charge in [0, 0.05) is 0 Å². The summed E-state index contributed by atoms with van der Waals surface area (Å²) in [5.41, 5.74) is 7.60. The van der Waals surface area contributed by atoms with Crippen molar-refractivity contribution in [3.63, 3.8) is 0 Å². The van der Waals surface area contributed by atoms with E-state index >= 15 is 0 Å². The van der Waals surface area contributed by atoms with Crippen LogP contribution in [0.15, 0.2) is 100 Å². The number of rotatable bonds is 1. The molecule has 0 saturated carbocycles. The van der Waals surface area contributed by atoms with Gasteiger partial charge in [-0.2, -0.15) is 0 Å². The Morgan fingerprint density at radius 1 is 0.622 bits per heavy atom. The summed E-state index contributed by atoms with van der Waals surface area (Å²) >= 11 is -0.714. The molecule has 8 rings (SSSR count). The SMILES string of the molecule is Cc1ccc2c(c1)c1cc(C)ccc1n2-c1cccc2c1[te]c1cc3c(=O)c4ccccc4oc3cc12. The second-order valence-corrected chi connectivity index (χ2v) is 12.9. The van der Waals surface area contributed by atoms with Crippen molar-refractivity contribution < 1.29 is 4.42 Å². The maximum atomic E-state index is 13.3. The minimum atomic E-state index is -0.714. The number of hydrogen-bond donors (Lipinski definition) is 0. The Morgan fingerprint density at radius 3 is 2.08 bits per heavy atom. The first-order valence-corrected chi connectivity index (χ1v) is 14.7. The number of aromatic nitrogens is 1. The second-order valence-electron chi connectivity index (χ2n) is 9.90. The molecule has 3 aromatic heterocycles. The van der Waals surface area contributed by atoms with Crippen molar-refractivity contribution >= 4 is 81.8 Å². The van der Waals surface area contributed by atoms with E-state index in [4.69, 9.17) is 4.42 Å². The molecule has 8 aromatic rings. The van der Waals surface area contributed by atoms with Crippen LogP contribution in [0.3, 0.4) is 0 Å². The van der Waals surface area contributed by atoms with Gasteiger partial charge in [0.25, 0.3) is 0 Å². The molecule has 0 radical (unpaired) electrons. The van der Waals surface area contributed by atoms with E-state index in [9.17, 15) is 4.79 Å². The van der Waals surface area contributed by atoms with Crippen LogP contribution < -0.4 is 5.43 Å². The number of aryl methyl sites for hydroxylation is 2. The van der Waals surface area contributed by atoms with E-state index in [-0.39, 0.29) is 5.43 Å². The zero-order valence-electron chi connectivity index (χ0n) is 20.3. The molecule has 4 heteroatoms. The third-order valence-corrected chi connectivity index (χ3v) is 10.9. The van der Waals surface area contributed by atoms with Crippen LogP contribution in [0.2, 0.25) is 0 Å². The van der Waals surface area contributed by atoms with E-state index in [2.05, 4.69) is 85.1 Å². The number of para-hydroxylation sites is 1. The molecule has 0 aliphatic heterocycles. The second kappa shape index (κ2) is 7.59. The predicted octanol–water partition coefficient (Wildman–Crippen LogP) is 8.02. The molecule has 0 atom stereocenters. The van der Waals surface area contributed by atoms with Crippen LogP contribution in [0.4, 0.5) is 0 Å². The first kappa shape index (κ1) is 21.3. The molecule has 0 aliphatic rings. The molecule has 0 amide bonds. The Bertz CT molecular complexity index is 2240. The monoisotopic (exact) mass is 593 g/mol. The number of nitrogens with zero attached hydrogens (tertiary/aromatic N) is 1. The van der Waals surface area contributed by atoms with Gasteiger partial charge >= 0.3 is 223 Å². The average Bonchev–Trinajstić information content (AvgIpc) is 3.42. The quantitative estimate of drug-likeness (QED) is 0.143. The molecule has 3 nitrogen and oxygen atoms in total. The summed E-state index contributed by atoms with van der Waals surface area (Å²) in [7, 11) is 0. The summed E-state index contributed by atoms with van der Waals surface area (Å²) in [5.74, 6) is 0. The zero-order chi connectivity index (χ0) is 24.8. The van der Waals surface area contributed by atoms with Gasteiger partial charge in [-0.05, 0) is 0 Å². The molecule has 37 heavy (non-hydrogen) atoms. The first-order chi connectivity index (χ1) is 18.1. The molecule has 0 fully saturated rings. The normalized spacial score (nSPS) is 12.2. The van der Waals surface area contributed by atoms with Crippen LogP contribution >= 0.6 is 0 Å². The van der Waals surface area contributed by atoms with E-state index in [1.807, 2.05) is 24.3 Å². The van der Waals surface area contributed by atoms with Crippen LogP contribution in [0, 0.1) is 13.8 Å². The van der Waals surface area contributed by atoms with Crippen molar-refractivity contribution in [2.75, 3.05) is 0 Å². The fraction of sp³-hybridized carbons (Fsp3) is 0.0606. The van der Waals surface area contributed by atoms with Gasteiger partial charge in [0.2, 0.25) is 0 Å². The Hall–Kier alpha value is -3.84. The van der Waals surface area contributed by atoms with Crippen molar-refractivity contribution in [2.24, 2.45) is 0 Å². The van der Waals surface area contributed by atoms with Crippen LogP contribution in [0.25, 0.3) is 67.0 Å². The van der Waals surface area contributed by atoms with Gasteiger partial charge in [-0.3, -0.25) is 0 Å². The van der Waals surface area contributed by atoms with Gasteiger partial charge in [-0.1, -0.05) is 0 Å². The van der Waals surface area contributed by atoms with Gasteiger partial charge in [-0.15, -0.1) is 0 Å². The average molecular weight is 591 g/mol. The van der Waals surface area contributed by atoms with Gasteiger partial charge in [0.1, 0.15) is 0 Å². The van der Waals surface area contributed by atoms with E-state index in [0.29, 0.717) is 21.9 Å². The van der Waals surface area contributed by atoms with Crippen molar-refractivity contribution in [1.82, 2.24) is 4.57 Å².